The lowest BCUT2D eigenvalue weighted by Gasteiger charge is -2.22. The van der Waals surface area contributed by atoms with Gasteiger partial charge < -0.3 is 5.32 Å². The molecule has 0 aliphatic rings. The second-order valence-corrected chi connectivity index (χ2v) is 4.38. The second kappa shape index (κ2) is 4.83. The quantitative estimate of drug-likeness (QED) is 0.801. The van der Waals surface area contributed by atoms with E-state index in [0.717, 1.165) is 0 Å². The van der Waals surface area contributed by atoms with Gasteiger partial charge in [-0.1, -0.05) is 20.8 Å². The van der Waals surface area contributed by atoms with Crippen molar-refractivity contribution in [2.24, 2.45) is 5.41 Å². The van der Waals surface area contributed by atoms with Gasteiger partial charge in [0.1, 0.15) is 0 Å². The highest BCUT2D eigenvalue weighted by atomic mass is 19.4. The number of halogens is 3. The maximum absolute atomic E-state index is 11.7. The van der Waals surface area contributed by atoms with E-state index >= 15 is 0 Å². The maximum atomic E-state index is 11.7. The van der Waals surface area contributed by atoms with Gasteiger partial charge in [0.05, 0.1) is 6.61 Å². The molecule has 0 aliphatic heterocycles. The Balaban J connectivity index is 3.95. The molecule has 0 aromatic heterocycles. The summed E-state index contributed by atoms with van der Waals surface area (Å²) < 4.78 is 38.5. The Morgan fingerprint density at radius 1 is 1.33 bits per heavy atom. The molecule has 0 bridgehead atoms. The molecule has 0 aromatic carbocycles. The fourth-order valence-corrected chi connectivity index (χ4v) is 0.701. The van der Waals surface area contributed by atoms with E-state index in [1.165, 1.54) is 6.92 Å². The van der Waals surface area contributed by atoms with Gasteiger partial charge in [-0.15, -0.1) is 13.2 Å². The SMILES string of the molecule is C[C@@H](COC(F)(F)F)NC(=O)C(C)(C)C. The number of ether oxygens (including phenoxy) is 1. The van der Waals surface area contributed by atoms with E-state index < -0.39 is 24.4 Å². The zero-order valence-electron chi connectivity index (χ0n) is 9.23. The summed E-state index contributed by atoms with van der Waals surface area (Å²) in [6.45, 7) is 5.92. The third kappa shape index (κ3) is 7.18. The van der Waals surface area contributed by atoms with Crippen LogP contribution in [-0.4, -0.2) is 24.9 Å². The van der Waals surface area contributed by atoms with Crippen molar-refractivity contribution < 1.29 is 22.7 Å². The number of alkyl halides is 3. The first-order valence-corrected chi connectivity index (χ1v) is 4.54. The molecule has 15 heavy (non-hydrogen) atoms. The molecule has 1 atom stereocenters. The van der Waals surface area contributed by atoms with E-state index in [2.05, 4.69) is 10.1 Å². The zero-order valence-corrected chi connectivity index (χ0v) is 9.23. The predicted octanol–water partition coefficient (Wildman–Crippen LogP) is 2.07. The number of hydrogen-bond donors (Lipinski definition) is 1. The Bertz CT molecular complexity index is 220. The molecular weight excluding hydrogens is 211 g/mol. The van der Waals surface area contributed by atoms with Gasteiger partial charge in [0, 0.05) is 11.5 Å². The van der Waals surface area contributed by atoms with E-state index in [0.29, 0.717) is 0 Å². The Hall–Kier alpha value is -0.780. The molecule has 0 unspecified atom stereocenters. The van der Waals surface area contributed by atoms with Crippen LogP contribution >= 0.6 is 0 Å². The normalized spacial score (nSPS) is 14.9. The van der Waals surface area contributed by atoms with Crippen LogP contribution in [-0.2, 0) is 9.53 Å². The molecule has 1 N–H and O–H groups in total. The first-order valence-electron chi connectivity index (χ1n) is 4.54. The van der Waals surface area contributed by atoms with Crippen molar-refractivity contribution in [1.29, 1.82) is 0 Å². The summed E-state index contributed by atoms with van der Waals surface area (Å²) in [6, 6.07) is -0.668. The molecule has 0 heterocycles. The van der Waals surface area contributed by atoms with Crippen LogP contribution in [0.25, 0.3) is 0 Å². The highest BCUT2D eigenvalue weighted by Gasteiger charge is 2.30. The van der Waals surface area contributed by atoms with E-state index in [-0.39, 0.29) is 5.91 Å². The van der Waals surface area contributed by atoms with Gasteiger partial charge in [-0.25, -0.2) is 0 Å². The van der Waals surface area contributed by atoms with Gasteiger partial charge in [0.25, 0.3) is 0 Å². The molecule has 0 rings (SSSR count). The van der Waals surface area contributed by atoms with Gasteiger partial charge in [-0.3, -0.25) is 9.53 Å². The van der Waals surface area contributed by atoms with E-state index in [4.69, 9.17) is 0 Å². The molecule has 90 valence electrons. The zero-order chi connectivity index (χ0) is 12.3. The fraction of sp³-hybridized carbons (Fsp3) is 0.889. The third-order valence-electron chi connectivity index (χ3n) is 1.56. The molecular formula is C9H16F3NO2. The number of hydrogen-bond acceptors (Lipinski definition) is 2. The number of amides is 1. The largest absolute Gasteiger partial charge is 0.522 e. The van der Waals surface area contributed by atoms with E-state index in [1.807, 2.05) is 0 Å². The van der Waals surface area contributed by atoms with Crippen molar-refractivity contribution in [2.75, 3.05) is 6.61 Å². The molecule has 0 aliphatic carbocycles. The molecule has 1 amide bonds. The summed E-state index contributed by atoms with van der Waals surface area (Å²) in [5.74, 6) is -0.305. The van der Waals surface area contributed by atoms with Crippen LogP contribution in [0.1, 0.15) is 27.7 Å². The van der Waals surface area contributed by atoms with E-state index in [9.17, 15) is 18.0 Å². The number of carbonyl (C=O) groups excluding carboxylic acids is 1. The molecule has 0 aromatic rings. The summed E-state index contributed by atoms with van der Waals surface area (Å²) in [6.07, 6.45) is -4.65. The van der Waals surface area contributed by atoms with Crippen LogP contribution in [0.2, 0.25) is 0 Å². The Morgan fingerprint density at radius 3 is 2.13 bits per heavy atom. The highest BCUT2D eigenvalue weighted by Crippen LogP contribution is 2.17. The predicted molar refractivity (Wildman–Crippen MR) is 49.1 cm³/mol. The number of carbonyl (C=O) groups is 1. The average Bonchev–Trinajstić information content (AvgIpc) is 1.97. The van der Waals surface area contributed by atoms with Gasteiger partial charge in [-0.05, 0) is 6.92 Å². The van der Waals surface area contributed by atoms with Crippen LogP contribution in [0.3, 0.4) is 0 Å². The topological polar surface area (TPSA) is 38.3 Å². The highest BCUT2D eigenvalue weighted by molar-refractivity contribution is 5.81. The average molecular weight is 227 g/mol. The number of rotatable bonds is 3. The molecule has 6 heteroatoms. The Kier molecular flexibility index (Phi) is 4.58. The van der Waals surface area contributed by atoms with Gasteiger partial charge >= 0.3 is 6.36 Å². The summed E-state index contributed by atoms with van der Waals surface area (Å²) in [7, 11) is 0. The summed E-state index contributed by atoms with van der Waals surface area (Å²) in [4.78, 5) is 11.4. The lowest BCUT2D eigenvalue weighted by Crippen LogP contribution is -2.43. The monoisotopic (exact) mass is 227 g/mol. The minimum absolute atomic E-state index is 0.305. The van der Waals surface area contributed by atoms with Crippen LogP contribution < -0.4 is 5.32 Å². The van der Waals surface area contributed by atoms with Crippen molar-refractivity contribution >= 4 is 5.91 Å². The van der Waals surface area contributed by atoms with Crippen molar-refractivity contribution in [2.45, 2.75) is 40.1 Å². The van der Waals surface area contributed by atoms with E-state index in [1.54, 1.807) is 20.8 Å². The second-order valence-electron chi connectivity index (χ2n) is 4.38. The third-order valence-corrected chi connectivity index (χ3v) is 1.56. The minimum atomic E-state index is -4.65. The molecule has 0 saturated heterocycles. The van der Waals surface area contributed by atoms with Crippen molar-refractivity contribution in [3.05, 3.63) is 0 Å². The molecule has 0 spiro atoms. The summed E-state index contributed by atoms with van der Waals surface area (Å²) in [5.41, 5.74) is -0.619. The standard InChI is InChI=1S/C9H16F3NO2/c1-6(5-15-9(10,11)12)13-7(14)8(2,3)4/h6H,5H2,1-4H3,(H,13,14)/t6-/m0/s1. The van der Waals surface area contributed by atoms with Gasteiger partial charge in [0.2, 0.25) is 5.91 Å². The Morgan fingerprint density at radius 2 is 1.80 bits per heavy atom. The molecule has 3 nitrogen and oxygen atoms in total. The first kappa shape index (κ1) is 14.2. The van der Waals surface area contributed by atoms with Crippen LogP contribution in [0.4, 0.5) is 13.2 Å². The molecule has 0 fully saturated rings. The maximum Gasteiger partial charge on any atom is 0.522 e. The lowest BCUT2D eigenvalue weighted by atomic mass is 9.95. The van der Waals surface area contributed by atoms with Crippen LogP contribution in [0.15, 0.2) is 0 Å². The molecule has 0 saturated carbocycles. The smallest absolute Gasteiger partial charge is 0.351 e. The van der Waals surface area contributed by atoms with Gasteiger partial charge in [-0.2, -0.15) is 0 Å². The van der Waals surface area contributed by atoms with Crippen LogP contribution in [0, 0.1) is 5.41 Å². The van der Waals surface area contributed by atoms with Crippen molar-refractivity contribution in [1.82, 2.24) is 5.32 Å². The number of nitrogens with one attached hydrogen (secondary N) is 1. The van der Waals surface area contributed by atoms with Gasteiger partial charge in [0.15, 0.2) is 0 Å². The summed E-state index contributed by atoms with van der Waals surface area (Å²) >= 11 is 0. The summed E-state index contributed by atoms with van der Waals surface area (Å²) in [5, 5.41) is 2.43. The molecule has 0 radical (unpaired) electrons. The lowest BCUT2D eigenvalue weighted by molar-refractivity contribution is -0.326. The van der Waals surface area contributed by atoms with Crippen molar-refractivity contribution in [3.8, 4) is 0 Å². The van der Waals surface area contributed by atoms with Crippen LogP contribution in [0.5, 0.6) is 0 Å². The van der Waals surface area contributed by atoms with Crippen molar-refractivity contribution in [3.63, 3.8) is 0 Å². The fourth-order valence-electron chi connectivity index (χ4n) is 0.701. The Labute approximate surface area is 87.0 Å². The first-order chi connectivity index (χ1) is 6.52. The minimum Gasteiger partial charge on any atom is -0.351 e.